The van der Waals surface area contributed by atoms with Gasteiger partial charge in [0.15, 0.2) is 0 Å². The molecule has 0 bridgehead atoms. The van der Waals surface area contributed by atoms with Crippen LogP contribution in [-0.4, -0.2) is 30.4 Å². The summed E-state index contributed by atoms with van der Waals surface area (Å²) >= 11 is 0. The molecular formula is C13H25NO3. The fourth-order valence-electron chi connectivity index (χ4n) is 1.68. The van der Waals surface area contributed by atoms with Gasteiger partial charge in [-0.25, -0.2) is 0 Å². The summed E-state index contributed by atoms with van der Waals surface area (Å²) in [5.41, 5.74) is 0. The minimum absolute atomic E-state index is 0.186. The second-order valence-corrected chi connectivity index (χ2v) is 4.20. The molecule has 0 aromatic heterocycles. The Kier molecular flexibility index (Phi) is 8.68. The summed E-state index contributed by atoms with van der Waals surface area (Å²) in [6.07, 6.45) is 3.09. The van der Waals surface area contributed by atoms with E-state index < -0.39 is 6.04 Å². The van der Waals surface area contributed by atoms with E-state index in [1.54, 1.807) is 13.8 Å². The van der Waals surface area contributed by atoms with Crippen molar-refractivity contribution in [3.8, 4) is 0 Å². The molecule has 1 N–H and O–H groups in total. The van der Waals surface area contributed by atoms with Gasteiger partial charge < -0.3 is 4.74 Å². The number of ether oxygens (including phenoxy) is 1. The zero-order valence-electron chi connectivity index (χ0n) is 11.4. The van der Waals surface area contributed by atoms with Gasteiger partial charge in [-0.2, -0.15) is 0 Å². The van der Waals surface area contributed by atoms with Crippen LogP contribution in [0.3, 0.4) is 0 Å². The average molecular weight is 243 g/mol. The molecule has 0 spiro atoms. The molecule has 0 heterocycles. The van der Waals surface area contributed by atoms with E-state index in [0.717, 1.165) is 19.3 Å². The predicted octanol–water partition coefficient (Wildman–Crippen LogP) is 2.07. The summed E-state index contributed by atoms with van der Waals surface area (Å²) in [4.78, 5) is 23.3. The summed E-state index contributed by atoms with van der Waals surface area (Å²) in [7, 11) is 0. The van der Waals surface area contributed by atoms with Gasteiger partial charge in [-0.1, -0.05) is 20.3 Å². The van der Waals surface area contributed by atoms with Crippen LogP contribution in [0.5, 0.6) is 0 Å². The van der Waals surface area contributed by atoms with Crippen molar-refractivity contribution in [1.82, 2.24) is 5.32 Å². The van der Waals surface area contributed by atoms with E-state index in [1.807, 2.05) is 13.8 Å². The Morgan fingerprint density at radius 3 is 2.29 bits per heavy atom. The number of hydrogen-bond donors (Lipinski definition) is 1. The number of hydrogen-bond acceptors (Lipinski definition) is 4. The summed E-state index contributed by atoms with van der Waals surface area (Å²) in [6.45, 7) is 7.89. The molecule has 4 heteroatoms. The minimum Gasteiger partial charge on any atom is -0.465 e. The van der Waals surface area contributed by atoms with E-state index in [-0.39, 0.29) is 17.8 Å². The molecular weight excluding hydrogens is 218 g/mol. The van der Waals surface area contributed by atoms with E-state index >= 15 is 0 Å². The van der Waals surface area contributed by atoms with Crippen molar-refractivity contribution in [3.63, 3.8) is 0 Å². The first-order valence-corrected chi connectivity index (χ1v) is 6.52. The van der Waals surface area contributed by atoms with Crippen molar-refractivity contribution in [2.45, 2.75) is 65.5 Å². The lowest BCUT2D eigenvalue weighted by Gasteiger charge is -2.20. The van der Waals surface area contributed by atoms with Gasteiger partial charge >= 0.3 is 5.97 Å². The first-order valence-electron chi connectivity index (χ1n) is 6.52. The zero-order chi connectivity index (χ0) is 13.3. The maximum absolute atomic E-state index is 11.8. The topological polar surface area (TPSA) is 55.4 Å². The lowest BCUT2D eigenvalue weighted by atomic mass is 10.0. The smallest absolute Gasteiger partial charge is 0.322 e. The molecule has 100 valence electrons. The Balaban J connectivity index is 4.32. The van der Waals surface area contributed by atoms with Gasteiger partial charge in [0.2, 0.25) is 0 Å². The molecule has 2 atom stereocenters. The average Bonchev–Trinajstić information content (AvgIpc) is 2.29. The van der Waals surface area contributed by atoms with Gasteiger partial charge in [-0.15, -0.1) is 0 Å². The normalized spacial score (nSPS) is 14.1. The molecule has 0 aliphatic rings. The third-order valence-electron chi connectivity index (χ3n) is 2.55. The van der Waals surface area contributed by atoms with Gasteiger partial charge in [0.25, 0.3) is 0 Å². The molecule has 17 heavy (non-hydrogen) atoms. The van der Waals surface area contributed by atoms with Crippen LogP contribution in [0.15, 0.2) is 0 Å². The molecule has 0 aliphatic carbocycles. The van der Waals surface area contributed by atoms with Crippen molar-refractivity contribution >= 4 is 11.8 Å². The summed E-state index contributed by atoms with van der Waals surface area (Å²) in [5.74, 6) is -0.108. The quantitative estimate of drug-likeness (QED) is 0.630. The van der Waals surface area contributed by atoms with Crippen LogP contribution < -0.4 is 5.32 Å². The van der Waals surface area contributed by atoms with Crippen molar-refractivity contribution < 1.29 is 14.3 Å². The Hall–Kier alpha value is -0.900. The van der Waals surface area contributed by atoms with E-state index in [4.69, 9.17) is 4.74 Å². The molecule has 0 aromatic carbocycles. The number of nitrogens with one attached hydrogen (secondary N) is 1. The standard InChI is InChI=1S/C13H25NO3/c1-5-8-11(12(15)9-6-2)14-10(4)13(16)17-7-3/h10-11,14H,5-9H2,1-4H3/t10-,11-/m0/s1. The van der Waals surface area contributed by atoms with E-state index in [9.17, 15) is 9.59 Å². The highest BCUT2D eigenvalue weighted by molar-refractivity contribution is 5.85. The Morgan fingerprint density at radius 2 is 1.82 bits per heavy atom. The van der Waals surface area contributed by atoms with E-state index in [1.165, 1.54) is 0 Å². The second kappa shape index (κ2) is 9.16. The molecule has 0 fully saturated rings. The molecule has 0 saturated heterocycles. The largest absolute Gasteiger partial charge is 0.465 e. The molecule has 0 unspecified atom stereocenters. The van der Waals surface area contributed by atoms with E-state index in [2.05, 4.69) is 5.32 Å². The SMILES string of the molecule is CCCC(=O)[C@H](CCC)N[C@@H](C)C(=O)OCC. The molecule has 0 aromatic rings. The van der Waals surface area contributed by atoms with Gasteiger partial charge in [0.05, 0.1) is 12.6 Å². The Morgan fingerprint density at radius 1 is 1.18 bits per heavy atom. The number of ketones is 1. The monoisotopic (exact) mass is 243 g/mol. The molecule has 0 radical (unpaired) electrons. The molecule has 0 amide bonds. The van der Waals surface area contributed by atoms with Crippen LogP contribution in [-0.2, 0) is 14.3 Å². The van der Waals surface area contributed by atoms with Crippen molar-refractivity contribution in [2.24, 2.45) is 0 Å². The predicted molar refractivity (Wildman–Crippen MR) is 67.8 cm³/mol. The number of Topliss-reactive ketones (excluding diaryl/α,β-unsaturated/α-hetero) is 1. The summed E-state index contributed by atoms with van der Waals surface area (Å²) in [5, 5.41) is 3.06. The fraction of sp³-hybridized carbons (Fsp3) is 0.846. The lowest BCUT2D eigenvalue weighted by molar-refractivity contribution is -0.145. The number of rotatable bonds is 9. The molecule has 0 aliphatic heterocycles. The highest BCUT2D eigenvalue weighted by Crippen LogP contribution is 2.05. The maximum atomic E-state index is 11.8. The van der Waals surface area contributed by atoms with Gasteiger partial charge in [-0.05, 0) is 26.7 Å². The Labute approximate surface area is 104 Å². The Bertz CT molecular complexity index is 241. The lowest BCUT2D eigenvalue weighted by Crippen LogP contribution is -2.46. The second-order valence-electron chi connectivity index (χ2n) is 4.20. The molecule has 4 nitrogen and oxygen atoms in total. The van der Waals surface area contributed by atoms with Crippen molar-refractivity contribution in [3.05, 3.63) is 0 Å². The van der Waals surface area contributed by atoms with Crippen LogP contribution in [0.4, 0.5) is 0 Å². The summed E-state index contributed by atoms with van der Waals surface area (Å²) in [6, 6.07) is -0.647. The third kappa shape index (κ3) is 6.41. The summed E-state index contributed by atoms with van der Waals surface area (Å²) < 4.78 is 4.91. The van der Waals surface area contributed by atoms with Crippen LogP contribution in [0.2, 0.25) is 0 Å². The number of carbonyl (C=O) groups is 2. The molecule has 0 rings (SSSR count). The third-order valence-corrected chi connectivity index (χ3v) is 2.55. The maximum Gasteiger partial charge on any atom is 0.322 e. The van der Waals surface area contributed by atoms with Gasteiger partial charge in [-0.3, -0.25) is 14.9 Å². The fourth-order valence-corrected chi connectivity index (χ4v) is 1.68. The number of carbonyl (C=O) groups excluding carboxylic acids is 2. The number of esters is 1. The van der Waals surface area contributed by atoms with Crippen LogP contribution in [0, 0.1) is 0 Å². The van der Waals surface area contributed by atoms with Crippen LogP contribution >= 0.6 is 0 Å². The highest BCUT2D eigenvalue weighted by Gasteiger charge is 2.22. The zero-order valence-corrected chi connectivity index (χ0v) is 11.4. The van der Waals surface area contributed by atoms with Crippen LogP contribution in [0.1, 0.15) is 53.4 Å². The minimum atomic E-state index is -0.424. The van der Waals surface area contributed by atoms with Crippen LogP contribution in [0.25, 0.3) is 0 Å². The van der Waals surface area contributed by atoms with Gasteiger partial charge in [0.1, 0.15) is 11.8 Å². The highest BCUT2D eigenvalue weighted by atomic mass is 16.5. The first-order chi connectivity index (χ1) is 8.06. The van der Waals surface area contributed by atoms with Crippen molar-refractivity contribution in [1.29, 1.82) is 0 Å². The van der Waals surface area contributed by atoms with E-state index in [0.29, 0.717) is 13.0 Å². The first kappa shape index (κ1) is 16.1. The molecule has 0 saturated carbocycles. The van der Waals surface area contributed by atoms with Gasteiger partial charge in [0, 0.05) is 6.42 Å². The van der Waals surface area contributed by atoms with Crippen molar-refractivity contribution in [2.75, 3.05) is 6.61 Å².